The smallest absolute Gasteiger partial charge is 1.00 e. The summed E-state index contributed by atoms with van der Waals surface area (Å²) in [6.07, 6.45) is 2.53. The molecular formula is C5H5LiN2O2. The van der Waals surface area contributed by atoms with Gasteiger partial charge in [-0.05, 0) is 6.07 Å². The molecule has 0 atom stereocenters. The van der Waals surface area contributed by atoms with Crippen LogP contribution in [0.3, 0.4) is 0 Å². The third-order valence-electron chi connectivity index (χ3n) is 0.831. The van der Waals surface area contributed by atoms with Gasteiger partial charge in [0.2, 0.25) is 0 Å². The Balaban J connectivity index is 0. The van der Waals surface area contributed by atoms with Crippen LogP contribution in [0, 0.1) is 0 Å². The summed E-state index contributed by atoms with van der Waals surface area (Å²) < 4.78 is 0. The van der Waals surface area contributed by atoms with Crippen LogP contribution in [0.2, 0.25) is 0 Å². The molecule has 0 aliphatic rings. The average Bonchev–Trinajstić information content (AvgIpc) is 1.90. The molecule has 0 aromatic carbocycles. The van der Waals surface area contributed by atoms with Crippen LogP contribution < -0.4 is 18.9 Å². The Morgan fingerprint density at radius 3 is 2.60 bits per heavy atom. The minimum absolute atomic E-state index is 0. The summed E-state index contributed by atoms with van der Waals surface area (Å²) in [4.78, 5) is 10.1. The number of nitrogens with zero attached hydrogens (tertiary/aromatic N) is 2. The van der Waals surface area contributed by atoms with Gasteiger partial charge in [0.25, 0.3) is 0 Å². The molecule has 48 valence electrons. The van der Waals surface area contributed by atoms with Crippen molar-refractivity contribution >= 4 is 5.97 Å². The molecule has 0 saturated heterocycles. The second-order valence-corrected chi connectivity index (χ2v) is 1.44. The van der Waals surface area contributed by atoms with Gasteiger partial charge in [-0.15, -0.1) is 0 Å². The summed E-state index contributed by atoms with van der Waals surface area (Å²) in [5.74, 6) is -0.982. The van der Waals surface area contributed by atoms with E-state index in [1.165, 1.54) is 18.5 Å². The van der Waals surface area contributed by atoms with Gasteiger partial charge in [0, 0.05) is 0 Å². The van der Waals surface area contributed by atoms with Gasteiger partial charge in [-0.25, -0.2) is 4.79 Å². The van der Waals surface area contributed by atoms with Gasteiger partial charge in [0.1, 0.15) is 0 Å². The van der Waals surface area contributed by atoms with E-state index in [-0.39, 0.29) is 25.9 Å². The number of rotatable bonds is 1. The molecule has 0 amide bonds. The predicted octanol–water partition coefficient (Wildman–Crippen LogP) is -2.71. The van der Waals surface area contributed by atoms with Crippen LogP contribution in [0.25, 0.3) is 0 Å². The molecule has 0 fully saturated rings. The zero-order valence-electron chi connectivity index (χ0n) is 6.48. The Kier molecular flexibility index (Phi) is 3.70. The van der Waals surface area contributed by atoms with E-state index < -0.39 is 5.97 Å². The molecule has 1 heterocycles. The summed E-state index contributed by atoms with van der Waals surface area (Å²) in [6.45, 7) is 0. The first-order valence-corrected chi connectivity index (χ1v) is 2.30. The molecule has 1 aromatic rings. The maximum atomic E-state index is 10.1. The predicted molar refractivity (Wildman–Crippen MR) is 30.1 cm³/mol. The van der Waals surface area contributed by atoms with E-state index in [1.54, 1.807) is 0 Å². The fourth-order valence-electron chi connectivity index (χ4n) is 0.417. The van der Waals surface area contributed by atoms with Crippen LogP contribution in [0.1, 0.15) is 11.8 Å². The number of carboxylic acids is 1. The van der Waals surface area contributed by atoms with E-state index in [0.29, 0.717) is 0 Å². The molecule has 0 bridgehead atoms. The van der Waals surface area contributed by atoms with E-state index in [1.807, 2.05) is 0 Å². The van der Waals surface area contributed by atoms with Crippen molar-refractivity contribution in [3.05, 3.63) is 24.0 Å². The number of carbonyl (C=O) groups is 1. The molecule has 4 nitrogen and oxygen atoms in total. The van der Waals surface area contributed by atoms with Crippen molar-refractivity contribution < 1.29 is 30.2 Å². The summed E-state index contributed by atoms with van der Waals surface area (Å²) in [7, 11) is 0. The van der Waals surface area contributed by atoms with Gasteiger partial charge in [-0.3, -0.25) is 0 Å². The molecular weight excluding hydrogens is 127 g/mol. The Labute approximate surface area is 70.9 Å². The number of hydrogen-bond donors (Lipinski definition) is 1. The molecule has 0 aliphatic carbocycles. The number of aromatic carboxylic acids is 1. The van der Waals surface area contributed by atoms with Gasteiger partial charge in [0.15, 0.2) is 0 Å². The van der Waals surface area contributed by atoms with Gasteiger partial charge in [-0.1, -0.05) is 0 Å². The van der Waals surface area contributed by atoms with Gasteiger partial charge < -0.3 is 6.53 Å². The standard InChI is InChI=1S/C5H4N2O2.Li.H/c8-5(9)4-1-2-6-7-3-4;;/h1-3H,(H,8,9);;/q;+1;-1. The number of aromatic nitrogens is 2. The van der Waals surface area contributed by atoms with Crippen molar-refractivity contribution in [1.29, 1.82) is 0 Å². The normalized spacial score (nSPS) is 8.00. The molecule has 10 heavy (non-hydrogen) atoms. The first kappa shape index (κ1) is 9.15. The maximum absolute atomic E-state index is 10.1. The third kappa shape index (κ3) is 2.17. The fourth-order valence-corrected chi connectivity index (χ4v) is 0.417. The molecule has 0 aliphatic heterocycles. The van der Waals surface area contributed by atoms with Crippen LogP contribution in [-0.4, -0.2) is 21.3 Å². The van der Waals surface area contributed by atoms with E-state index in [4.69, 9.17) is 5.11 Å². The maximum Gasteiger partial charge on any atom is 1.00 e. The van der Waals surface area contributed by atoms with E-state index >= 15 is 0 Å². The van der Waals surface area contributed by atoms with E-state index in [9.17, 15) is 4.79 Å². The van der Waals surface area contributed by atoms with Crippen LogP contribution in [-0.2, 0) is 0 Å². The quantitative estimate of drug-likeness (QED) is 0.422. The van der Waals surface area contributed by atoms with Crippen molar-refractivity contribution in [2.24, 2.45) is 0 Å². The summed E-state index contributed by atoms with van der Waals surface area (Å²) in [5.41, 5.74) is 0.157. The van der Waals surface area contributed by atoms with Gasteiger partial charge >= 0.3 is 24.8 Å². The second-order valence-electron chi connectivity index (χ2n) is 1.44. The minimum Gasteiger partial charge on any atom is -1.00 e. The zero-order valence-corrected chi connectivity index (χ0v) is 5.48. The van der Waals surface area contributed by atoms with Gasteiger partial charge in [0.05, 0.1) is 18.0 Å². The van der Waals surface area contributed by atoms with Crippen molar-refractivity contribution in [2.45, 2.75) is 0 Å². The van der Waals surface area contributed by atoms with Crippen LogP contribution in [0.15, 0.2) is 18.5 Å². The largest absolute Gasteiger partial charge is 1.00 e. The number of hydrogen-bond acceptors (Lipinski definition) is 3. The van der Waals surface area contributed by atoms with Crippen molar-refractivity contribution in [1.82, 2.24) is 10.2 Å². The SMILES string of the molecule is O=C(O)c1ccnnc1.[H-].[Li+]. The number of carboxylic acid groups (broad SMARTS) is 1. The third-order valence-corrected chi connectivity index (χ3v) is 0.831. The second kappa shape index (κ2) is 4.04. The Bertz CT molecular complexity index is 219. The fraction of sp³-hybridized carbons (Fsp3) is 0. The minimum atomic E-state index is -0.982. The summed E-state index contributed by atoms with van der Waals surface area (Å²) in [5, 5.41) is 15.1. The van der Waals surface area contributed by atoms with Crippen LogP contribution >= 0.6 is 0 Å². The average molecular weight is 132 g/mol. The molecule has 5 heteroatoms. The molecule has 0 radical (unpaired) electrons. The van der Waals surface area contributed by atoms with Crippen molar-refractivity contribution in [2.75, 3.05) is 0 Å². The van der Waals surface area contributed by atoms with Crippen LogP contribution in [0.4, 0.5) is 0 Å². The Hall–Kier alpha value is -0.853. The molecule has 1 rings (SSSR count). The van der Waals surface area contributed by atoms with Crippen LogP contribution in [0.5, 0.6) is 0 Å². The Morgan fingerprint density at radius 1 is 1.60 bits per heavy atom. The molecule has 0 unspecified atom stereocenters. The zero-order chi connectivity index (χ0) is 6.69. The first-order valence-electron chi connectivity index (χ1n) is 2.30. The first-order chi connectivity index (χ1) is 4.30. The Morgan fingerprint density at radius 2 is 2.30 bits per heavy atom. The topological polar surface area (TPSA) is 63.1 Å². The monoisotopic (exact) mass is 132 g/mol. The summed E-state index contributed by atoms with van der Waals surface area (Å²) >= 11 is 0. The molecule has 1 aromatic heterocycles. The van der Waals surface area contributed by atoms with Crippen molar-refractivity contribution in [3.8, 4) is 0 Å². The van der Waals surface area contributed by atoms with Gasteiger partial charge in [-0.2, -0.15) is 10.2 Å². The summed E-state index contributed by atoms with van der Waals surface area (Å²) in [6, 6.07) is 1.38. The molecule has 0 saturated carbocycles. The molecule has 1 N–H and O–H groups in total. The molecule has 0 spiro atoms. The van der Waals surface area contributed by atoms with E-state index in [0.717, 1.165) is 0 Å². The van der Waals surface area contributed by atoms with Crippen molar-refractivity contribution in [3.63, 3.8) is 0 Å². The van der Waals surface area contributed by atoms with E-state index in [2.05, 4.69) is 10.2 Å².